The van der Waals surface area contributed by atoms with E-state index < -0.39 is 0 Å². The summed E-state index contributed by atoms with van der Waals surface area (Å²) in [6.45, 7) is 4.83. The van der Waals surface area contributed by atoms with E-state index in [0.717, 1.165) is 6.42 Å². The Kier molecular flexibility index (Phi) is 5.40. The normalized spacial score (nSPS) is 29.1. The third kappa shape index (κ3) is 4.20. The lowest BCUT2D eigenvalue weighted by Crippen LogP contribution is -2.46. The minimum absolute atomic E-state index is 0.0286. The molecule has 0 aromatic carbocycles. The van der Waals surface area contributed by atoms with Crippen molar-refractivity contribution in [1.29, 1.82) is 0 Å². The van der Waals surface area contributed by atoms with Crippen LogP contribution >= 0.6 is 0 Å². The lowest BCUT2D eigenvalue weighted by atomic mass is 9.85. The molecule has 3 atom stereocenters. The van der Waals surface area contributed by atoms with Gasteiger partial charge < -0.3 is 16.0 Å². The second-order valence-electron chi connectivity index (χ2n) is 6.52. The topological polar surface area (TPSA) is 70.2 Å². The third-order valence-corrected chi connectivity index (χ3v) is 4.31. The highest BCUT2D eigenvalue weighted by atomic mass is 16.2. The molecule has 1 heterocycles. The van der Waals surface area contributed by atoms with E-state index >= 15 is 0 Å². The van der Waals surface area contributed by atoms with Gasteiger partial charge in [0.2, 0.25) is 11.8 Å². The summed E-state index contributed by atoms with van der Waals surface area (Å²) in [4.78, 5) is 23.6. The van der Waals surface area contributed by atoms with Crippen LogP contribution in [0.3, 0.4) is 0 Å². The minimum atomic E-state index is -0.110. The van der Waals surface area contributed by atoms with Crippen molar-refractivity contribution < 1.29 is 9.59 Å². The van der Waals surface area contributed by atoms with E-state index in [0.29, 0.717) is 24.4 Å². The van der Waals surface area contributed by atoms with Crippen molar-refractivity contribution in [3.63, 3.8) is 0 Å². The monoisotopic (exact) mass is 281 g/mol. The van der Waals surface area contributed by atoms with E-state index in [-0.39, 0.29) is 24.4 Å². The van der Waals surface area contributed by atoms with Gasteiger partial charge in [0, 0.05) is 12.6 Å². The Hall–Kier alpha value is -1.10. The van der Waals surface area contributed by atoms with E-state index in [9.17, 15) is 9.59 Å². The lowest BCUT2D eigenvalue weighted by molar-refractivity contribution is -0.127. The summed E-state index contributed by atoms with van der Waals surface area (Å²) in [5.74, 6) is 0.935. The van der Waals surface area contributed by atoms with E-state index in [1.54, 1.807) is 0 Å². The Morgan fingerprint density at radius 3 is 2.65 bits per heavy atom. The summed E-state index contributed by atoms with van der Waals surface area (Å²) in [5.41, 5.74) is 0. The Labute approximate surface area is 121 Å². The summed E-state index contributed by atoms with van der Waals surface area (Å²) >= 11 is 0. The molecule has 1 aliphatic carbocycles. The van der Waals surface area contributed by atoms with Crippen molar-refractivity contribution in [2.45, 2.75) is 58.0 Å². The van der Waals surface area contributed by atoms with Crippen LogP contribution in [0.4, 0.5) is 0 Å². The third-order valence-electron chi connectivity index (χ3n) is 4.31. The van der Waals surface area contributed by atoms with Crippen molar-refractivity contribution in [3.05, 3.63) is 0 Å². The fraction of sp³-hybridized carbons (Fsp3) is 0.867. The van der Waals surface area contributed by atoms with E-state index in [2.05, 4.69) is 16.0 Å². The summed E-state index contributed by atoms with van der Waals surface area (Å²) in [5, 5.41) is 8.97. The molecule has 3 unspecified atom stereocenters. The Morgan fingerprint density at radius 1 is 1.20 bits per heavy atom. The van der Waals surface area contributed by atoms with Crippen LogP contribution in [0.25, 0.3) is 0 Å². The maximum atomic E-state index is 12.1. The molecule has 1 saturated carbocycles. The highest BCUT2D eigenvalue weighted by molar-refractivity contribution is 5.87. The summed E-state index contributed by atoms with van der Waals surface area (Å²) in [6, 6.07) is 0.398. The molecule has 2 amide bonds. The zero-order valence-electron chi connectivity index (χ0n) is 12.6. The predicted octanol–water partition coefficient (Wildman–Crippen LogP) is 0.796. The molecule has 2 fully saturated rings. The van der Waals surface area contributed by atoms with Crippen molar-refractivity contribution in [1.82, 2.24) is 16.0 Å². The first kappa shape index (κ1) is 15.3. The van der Waals surface area contributed by atoms with Gasteiger partial charge in [-0.25, -0.2) is 0 Å². The molecule has 1 saturated heterocycles. The molecule has 0 spiro atoms. The lowest BCUT2D eigenvalue weighted by Gasteiger charge is -2.24. The van der Waals surface area contributed by atoms with Crippen LogP contribution in [0.2, 0.25) is 0 Å². The van der Waals surface area contributed by atoms with Crippen LogP contribution in [0.5, 0.6) is 0 Å². The van der Waals surface area contributed by atoms with Gasteiger partial charge in [-0.05, 0) is 31.1 Å². The number of rotatable bonds is 5. The maximum absolute atomic E-state index is 12.1. The van der Waals surface area contributed by atoms with Gasteiger partial charge in [0.25, 0.3) is 0 Å². The molecule has 20 heavy (non-hydrogen) atoms. The van der Waals surface area contributed by atoms with Gasteiger partial charge >= 0.3 is 0 Å². The van der Waals surface area contributed by atoms with Crippen molar-refractivity contribution in [3.8, 4) is 0 Å². The molecule has 1 aliphatic heterocycles. The Balaban J connectivity index is 1.69. The highest BCUT2D eigenvalue weighted by Crippen LogP contribution is 2.33. The van der Waals surface area contributed by atoms with Gasteiger partial charge in [0.1, 0.15) is 0 Å². The molecule has 5 heteroatoms. The molecular weight excluding hydrogens is 254 g/mol. The zero-order valence-corrected chi connectivity index (χ0v) is 12.6. The minimum Gasteiger partial charge on any atom is -0.354 e. The van der Waals surface area contributed by atoms with Crippen LogP contribution < -0.4 is 16.0 Å². The SMILES string of the molecule is CC(C)CNC(=O)CNC(=O)C1CC2CCCCC2N1. The number of carbonyl (C=O) groups excluding carboxylic acids is 2. The Bertz CT molecular complexity index is 343. The fourth-order valence-corrected chi connectivity index (χ4v) is 3.19. The average molecular weight is 281 g/mol. The van der Waals surface area contributed by atoms with Gasteiger partial charge in [0.15, 0.2) is 0 Å². The molecule has 0 radical (unpaired) electrons. The van der Waals surface area contributed by atoms with Crippen LogP contribution in [0, 0.1) is 11.8 Å². The first-order valence-electron chi connectivity index (χ1n) is 7.86. The highest BCUT2D eigenvalue weighted by Gasteiger charge is 2.38. The molecule has 2 aliphatic rings. The standard InChI is InChI=1S/C15H27N3O2/c1-10(2)8-16-14(19)9-17-15(20)13-7-11-5-3-4-6-12(11)18-13/h10-13,18H,3-9H2,1-2H3,(H,16,19)(H,17,20). The molecule has 3 N–H and O–H groups in total. The van der Waals surface area contributed by atoms with Gasteiger partial charge in [-0.1, -0.05) is 26.7 Å². The largest absolute Gasteiger partial charge is 0.354 e. The van der Waals surface area contributed by atoms with E-state index in [1.807, 2.05) is 13.8 Å². The van der Waals surface area contributed by atoms with Crippen molar-refractivity contribution in [2.75, 3.05) is 13.1 Å². The van der Waals surface area contributed by atoms with Crippen molar-refractivity contribution in [2.24, 2.45) is 11.8 Å². The average Bonchev–Trinajstić information content (AvgIpc) is 2.86. The number of amides is 2. The maximum Gasteiger partial charge on any atom is 0.239 e. The van der Waals surface area contributed by atoms with E-state index in [1.165, 1.54) is 25.7 Å². The van der Waals surface area contributed by atoms with Gasteiger partial charge in [-0.15, -0.1) is 0 Å². The number of hydrogen-bond donors (Lipinski definition) is 3. The van der Waals surface area contributed by atoms with Gasteiger partial charge in [0.05, 0.1) is 12.6 Å². The summed E-state index contributed by atoms with van der Waals surface area (Å²) in [6.07, 6.45) is 5.89. The first-order chi connectivity index (χ1) is 9.56. The molecule has 5 nitrogen and oxygen atoms in total. The molecule has 0 aromatic heterocycles. The second kappa shape index (κ2) is 7.07. The number of hydrogen-bond acceptors (Lipinski definition) is 3. The smallest absolute Gasteiger partial charge is 0.239 e. The van der Waals surface area contributed by atoms with Crippen LogP contribution in [-0.4, -0.2) is 37.0 Å². The number of nitrogens with one attached hydrogen (secondary N) is 3. The quantitative estimate of drug-likeness (QED) is 0.698. The molecule has 0 bridgehead atoms. The summed E-state index contributed by atoms with van der Waals surface area (Å²) in [7, 11) is 0. The van der Waals surface area contributed by atoms with Crippen LogP contribution in [0.1, 0.15) is 46.0 Å². The Morgan fingerprint density at radius 2 is 1.95 bits per heavy atom. The van der Waals surface area contributed by atoms with Crippen molar-refractivity contribution >= 4 is 11.8 Å². The van der Waals surface area contributed by atoms with Crippen LogP contribution in [-0.2, 0) is 9.59 Å². The molecular formula is C15H27N3O2. The second-order valence-corrected chi connectivity index (χ2v) is 6.52. The predicted molar refractivity (Wildman–Crippen MR) is 78.1 cm³/mol. The van der Waals surface area contributed by atoms with Gasteiger partial charge in [-0.3, -0.25) is 9.59 Å². The number of carbonyl (C=O) groups is 2. The zero-order chi connectivity index (χ0) is 14.5. The first-order valence-corrected chi connectivity index (χ1v) is 7.86. The van der Waals surface area contributed by atoms with Gasteiger partial charge in [-0.2, -0.15) is 0 Å². The fourth-order valence-electron chi connectivity index (χ4n) is 3.19. The number of fused-ring (bicyclic) bond motifs is 1. The van der Waals surface area contributed by atoms with Crippen LogP contribution in [0.15, 0.2) is 0 Å². The molecule has 2 rings (SSSR count). The molecule has 114 valence electrons. The van der Waals surface area contributed by atoms with E-state index in [4.69, 9.17) is 0 Å². The molecule has 0 aromatic rings. The summed E-state index contributed by atoms with van der Waals surface area (Å²) < 4.78 is 0.